The van der Waals surface area contributed by atoms with E-state index in [0.29, 0.717) is 30.4 Å². The van der Waals surface area contributed by atoms with Crippen LogP contribution in [0.5, 0.6) is 17.2 Å². The van der Waals surface area contributed by atoms with Crippen LogP contribution in [-0.4, -0.2) is 50.8 Å². The summed E-state index contributed by atoms with van der Waals surface area (Å²) >= 11 is 0. The van der Waals surface area contributed by atoms with E-state index in [1.54, 1.807) is 44.4 Å². The van der Waals surface area contributed by atoms with Gasteiger partial charge in [0.1, 0.15) is 17.2 Å². The van der Waals surface area contributed by atoms with Crippen LogP contribution in [-0.2, 0) is 4.79 Å². The highest BCUT2D eigenvalue weighted by Gasteiger charge is 2.47. The molecule has 1 saturated carbocycles. The first kappa shape index (κ1) is 19.4. The van der Waals surface area contributed by atoms with Gasteiger partial charge >= 0.3 is 0 Å². The number of halogens is 1. The Balaban J connectivity index is 0.00000264. The van der Waals surface area contributed by atoms with Crippen LogP contribution in [0, 0.1) is 0 Å². The molecule has 1 aliphatic carbocycles. The molecule has 1 aromatic carbocycles. The van der Waals surface area contributed by atoms with Crippen molar-refractivity contribution in [3.8, 4) is 17.2 Å². The summed E-state index contributed by atoms with van der Waals surface area (Å²) in [4.78, 5) is 13.7. The zero-order valence-electron chi connectivity index (χ0n) is 13.8. The van der Waals surface area contributed by atoms with Crippen LogP contribution in [0.3, 0.4) is 0 Å². The third-order valence-electron chi connectivity index (χ3n) is 3.79. The molecule has 0 aliphatic heterocycles. The number of rotatable bonds is 8. The summed E-state index contributed by atoms with van der Waals surface area (Å²) < 4.78 is 16.1. The van der Waals surface area contributed by atoms with Crippen LogP contribution in [0.4, 0.5) is 0 Å². The molecule has 0 aromatic heterocycles. The van der Waals surface area contributed by atoms with Gasteiger partial charge in [-0.2, -0.15) is 0 Å². The van der Waals surface area contributed by atoms with Crippen molar-refractivity contribution in [2.24, 2.45) is 5.73 Å². The summed E-state index contributed by atoms with van der Waals surface area (Å²) in [6.07, 6.45) is 2.31. The molecular formula is C16H25ClN2O4. The molecule has 1 fully saturated rings. The maximum absolute atomic E-state index is 12.0. The van der Waals surface area contributed by atoms with E-state index in [9.17, 15) is 4.79 Å². The van der Waals surface area contributed by atoms with Crippen molar-refractivity contribution >= 4 is 18.3 Å². The molecule has 130 valence electrons. The van der Waals surface area contributed by atoms with Gasteiger partial charge < -0.3 is 24.8 Å². The number of carbonyl (C=O) groups is 1. The molecule has 0 heterocycles. The lowest BCUT2D eigenvalue weighted by Gasteiger charge is -2.20. The van der Waals surface area contributed by atoms with Crippen molar-refractivity contribution in [2.75, 3.05) is 34.4 Å². The lowest BCUT2D eigenvalue weighted by molar-refractivity contribution is -0.132. The third-order valence-corrected chi connectivity index (χ3v) is 3.79. The number of carbonyl (C=O) groups excluding carboxylic acids is 1. The Morgan fingerprint density at radius 2 is 1.70 bits per heavy atom. The summed E-state index contributed by atoms with van der Waals surface area (Å²) in [6.45, 7) is 1.13. The summed E-state index contributed by atoms with van der Waals surface area (Å²) in [5.74, 6) is 2.07. The summed E-state index contributed by atoms with van der Waals surface area (Å²) in [5.41, 5.74) is 5.30. The van der Waals surface area contributed by atoms with E-state index in [-0.39, 0.29) is 18.3 Å². The second kappa shape index (κ2) is 8.26. The Labute approximate surface area is 143 Å². The highest BCUT2D eigenvalue weighted by atomic mass is 35.5. The maximum Gasteiger partial charge on any atom is 0.242 e. The smallest absolute Gasteiger partial charge is 0.242 e. The van der Waals surface area contributed by atoms with Crippen LogP contribution < -0.4 is 19.9 Å². The van der Waals surface area contributed by atoms with E-state index in [1.165, 1.54) is 0 Å². The molecule has 2 N–H and O–H groups in total. The molecular weight excluding hydrogens is 320 g/mol. The van der Waals surface area contributed by atoms with E-state index in [1.807, 2.05) is 0 Å². The zero-order chi connectivity index (χ0) is 16.2. The van der Waals surface area contributed by atoms with Gasteiger partial charge in [-0.05, 0) is 19.3 Å². The van der Waals surface area contributed by atoms with E-state index >= 15 is 0 Å². The number of hydrogen-bond acceptors (Lipinski definition) is 5. The second-order valence-electron chi connectivity index (χ2n) is 5.63. The number of benzene rings is 1. The fraction of sp³-hybridized carbons (Fsp3) is 0.562. The average Bonchev–Trinajstić information content (AvgIpc) is 3.29. The largest absolute Gasteiger partial charge is 0.496 e. The normalized spacial score (nSPS) is 14.4. The average molecular weight is 345 g/mol. The Bertz CT molecular complexity index is 513. The van der Waals surface area contributed by atoms with Gasteiger partial charge in [0.05, 0.1) is 26.4 Å². The van der Waals surface area contributed by atoms with Gasteiger partial charge in [0, 0.05) is 31.8 Å². The molecule has 6 nitrogen and oxygen atoms in total. The number of hydrogen-bond donors (Lipinski definition) is 1. The molecule has 1 aliphatic rings. The molecule has 1 amide bonds. The molecule has 0 atom stereocenters. The zero-order valence-corrected chi connectivity index (χ0v) is 14.6. The molecule has 23 heavy (non-hydrogen) atoms. The molecule has 0 bridgehead atoms. The fourth-order valence-electron chi connectivity index (χ4n) is 2.19. The van der Waals surface area contributed by atoms with Crippen molar-refractivity contribution in [3.63, 3.8) is 0 Å². The lowest BCUT2D eigenvalue weighted by Crippen LogP contribution is -2.44. The number of methoxy groups -OCH3 is 2. The molecule has 0 unspecified atom stereocenters. The molecule has 1 aromatic rings. The standard InChI is InChI=1S/C16H24N2O4.ClH/c1-18(15(19)16(17)5-6-16)7-4-8-22-14-10-12(20-2)9-13(11-14)21-3;/h9-11H,4-8,17H2,1-3H3;1H. The summed E-state index contributed by atoms with van der Waals surface area (Å²) in [7, 11) is 4.98. The van der Waals surface area contributed by atoms with Gasteiger partial charge in [-0.3, -0.25) is 4.79 Å². The molecule has 2 rings (SSSR count). The quantitative estimate of drug-likeness (QED) is 0.728. The van der Waals surface area contributed by atoms with Gasteiger partial charge in [-0.1, -0.05) is 0 Å². The fourth-order valence-corrected chi connectivity index (χ4v) is 2.19. The molecule has 0 saturated heterocycles. The third kappa shape index (κ3) is 5.18. The summed E-state index contributed by atoms with van der Waals surface area (Å²) in [6, 6.07) is 5.39. The predicted molar refractivity (Wildman–Crippen MR) is 90.7 cm³/mol. The number of ether oxygens (including phenoxy) is 3. The first-order chi connectivity index (χ1) is 10.5. The van der Waals surface area contributed by atoms with Crippen molar-refractivity contribution in [2.45, 2.75) is 24.8 Å². The van der Waals surface area contributed by atoms with Gasteiger partial charge in [0.2, 0.25) is 5.91 Å². The monoisotopic (exact) mass is 344 g/mol. The Morgan fingerprint density at radius 1 is 1.17 bits per heavy atom. The SMILES string of the molecule is COc1cc(OC)cc(OCCCN(C)C(=O)C2(N)CC2)c1.Cl. The minimum absolute atomic E-state index is 0. The van der Waals surface area contributed by atoms with Crippen molar-refractivity contribution < 1.29 is 19.0 Å². The highest BCUT2D eigenvalue weighted by Crippen LogP contribution is 2.33. The van der Waals surface area contributed by atoms with Crippen molar-refractivity contribution in [3.05, 3.63) is 18.2 Å². The van der Waals surface area contributed by atoms with E-state index in [2.05, 4.69) is 0 Å². The number of nitrogens with two attached hydrogens (primary N) is 1. The maximum atomic E-state index is 12.0. The van der Waals surface area contributed by atoms with Crippen LogP contribution in [0.1, 0.15) is 19.3 Å². The second-order valence-corrected chi connectivity index (χ2v) is 5.63. The molecule has 7 heteroatoms. The van der Waals surface area contributed by atoms with Crippen LogP contribution >= 0.6 is 12.4 Å². The Kier molecular flexibility index (Phi) is 6.97. The van der Waals surface area contributed by atoms with Gasteiger partial charge in [0.25, 0.3) is 0 Å². The number of likely N-dealkylation sites (N-methyl/N-ethyl adjacent to an activating group) is 1. The van der Waals surface area contributed by atoms with Crippen LogP contribution in [0.15, 0.2) is 18.2 Å². The minimum Gasteiger partial charge on any atom is -0.496 e. The minimum atomic E-state index is -0.601. The van der Waals surface area contributed by atoms with Gasteiger partial charge in [-0.25, -0.2) is 0 Å². The van der Waals surface area contributed by atoms with Crippen molar-refractivity contribution in [1.82, 2.24) is 4.90 Å². The van der Waals surface area contributed by atoms with E-state index < -0.39 is 5.54 Å². The van der Waals surface area contributed by atoms with Crippen molar-refractivity contribution in [1.29, 1.82) is 0 Å². The van der Waals surface area contributed by atoms with Crippen LogP contribution in [0.25, 0.3) is 0 Å². The highest BCUT2D eigenvalue weighted by molar-refractivity contribution is 5.88. The first-order valence-corrected chi connectivity index (χ1v) is 7.39. The number of nitrogens with zero attached hydrogens (tertiary/aromatic N) is 1. The molecule has 0 radical (unpaired) electrons. The first-order valence-electron chi connectivity index (χ1n) is 7.39. The predicted octanol–water partition coefficient (Wildman–Crippen LogP) is 1.84. The lowest BCUT2D eigenvalue weighted by atomic mass is 10.2. The molecule has 0 spiro atoms. The topological polar surface area (TPSA) is 74.0 Å². The Morgan fingerprint density at radius 3 is 2.17 bits per heavy atom. The van der Waals surface area contributed by atoms with Gasteiger partial charge in [-0.15, -0.1) is 12.4 Å². The Hall–Kier alpha value is -1.66. The summed E-state index contributed by atoms with van der Waals surface area (Å²) in [5, 5.41) is 0. The van der Waals surface area contributed by atoms with E-state index in [0.717, 1.165) is 19.3 Å². The van der Waals surface area contributed by atoms with E-state index in [4.69, 9.17) is 19.9 Å². The number of amides is 1. The van der Waals surface area contributed by atoms with Gasteiger partial charge in [0.15, 0.2) is 0 Å². The van der Waals surface area contributed by atoms with Crippen LogP contribution in [0.2, 0.25) is 0 Å².